The van der Waals surface area contributed by atoms with E-state index in [1.54, 1.807) is 12.1 Å². The summed E-state index contributed by atoms with van der Waals surface area (Å²) in [6, 6.07) is 6.47. The van der Waals surface area contributed by atoms with Crippen molar-refractivity contribution < 1.29 is 4.39 Å². The zero-order chi connectivity index (χ0) is 10.6. The molecule has 1 N–H and O–H groups in total. The fourth-order valence-electron chi connectivity index (χ4n) is 1.15. The van der Waals surface area contributed by atoms with Gasteiger partial charge < -0.3 is 5.32 Å². The van der Waals surface area contributed by atoms with Crippen LogP contribution in [-0.2, 0) is 0 Å². The number of benzene rings is 1. The van der Waals surface area contributed by atoms with Crippen LogP contribution in [0.1, 0.15) is 27.2 Å². The molecule has 0 atom stereocenters. The highest BCUT2D eigenvalue weighted by molar-refractivity contribution is 5.42. The molecule has 0 radical (unpaired) electrons. The van der Waals surface area contributed by atoms with Gasteiger partial charge in [0, 0.05) is 12.2 Å². The van der Waals surface area contributed by atoms with E-state index in [2.05, 4.69) is 26.1 Å². The lowest BCUT2D eigenvalue weighted by atomic mass is 9.92. The van der Waals surface area contributed by atoms with Crippen LogP contribution in [0.2, 0.25) is 0 Å². The standard InChI is InChI=1S/C12H18FN/c1-12(2,3)8-9-14-11-6-4-10(13)5-7-11/h4-7,14H,8-9H2,1-3H3. The summed E-state index contributed by atoms with van der Waals surface area (Å²) in [4.78, 5) is 0. The van der Waals surface area contributed by atoms with Gasteiger partial charge in [0.05, 0.1) is 0 Å². The topological polar surface area (TPSA) is 12.0 Å². The van der Waals surface area contributed by atoms with Crippen LogP contribution in [-0.4, -0.2) is 6.54 Å². The normalized spacial score (nSPS) is 11.4. The summed E-state index contributed by atoms with van der Waals surface area (Å²) < 4.78 is 12.6. The third-order valence-electron chi connectivity index (χ3n) is 2.05. The summed E-state index contributed by atoms with van der Waals surface area (Å²) >= 11 is 0. The average molecular weight is 195 g/mol. The summed E-state index contributed by atoms with van der Waals surface area (Å²) in [6.07, 6.45) is 1.10. The minimum Gasteiger partial charge on any atom is -0.385 e. The summed E-state index contributed by atoms with van der Waals surface area (Å²) in [5.41, 5.74) is 1.32. The smallest absolute Gasteiger partial charge is 0.123 e. The van der Waals surface area contributed by atoms with Crippen LogP contribution in [0.25, 0.3) is 0 Å². The van der Waals surface area contributed by atoms with Gasteiger partial charge in [-0.05, 0) is 36.1 Å². The van der Waals surface area contributed by atoms with Gasteiger partial charge in [0.1, 0.15) is 5.82 Å². The van der Waals surface area contributed by atoms with Crippen LogP contribution < -0.4 is 5.32 Å². The van der Waals surface area contributed by atoms with E-state index in [1.165, 1.54) is 12.1 Å². The maximum absolute atomic E-state index is 12.6. The molecule has 1 nitrogen and oxygen atoms in total. The van der Waals surface area contributed by atoms with E-state index in [9.17, 15) is 4.39 Å². The fraction of sp³-hybridized carbons (Fsp3) is 0.500. The lowest BCUT2D eigenvalue weighted by Crippen LogP contribution is -2.12. The van der Waals surface area contributed by atoms with Crippen LogP contribution >= 0.6 is 0 Å². The molecule has 0 fully saturated rings. The molecule has 0 aliphatic heterocycles. The van der Waals surface area contributed by atoms with E-state index in [4.69, 9.17) is 0 Å². The van der Waals surface area contributed by atoms with E-state index in [0.717, 1.165) is 18.7 Å². The molecule has 0 spiro atoms. The predicted octanol–water partition coefficient (Wildman–Crippen LogP) is 3.67. The van der Waals surface area contributed by atoms with Gasteiger partial charge in [-0.15, -0.1) is 0 Å². The SMILES string of the molecule is CC(C)(C)CCNc1ccc(F)cc1. The first-order chi connectivity index (χ1) is 6.47. The first-order valence-electron chi connectivity index (χ1n) is 4.97. The molecule has 1 aromatic carbocycles. The number of anilines is 1. The van der Waals surface area contributed by atoms with E-state index >= 15 is 0 Å². The number of halogens is 1. The van der Waals surface area contributed by atoms with Crippen molar-refractivity contribution in [3.63, 3.8) is 0 Å². The Morgan fingerprint density at radius 1 is 1.14 bits per heavy atom. The molecule has 0 aliphatic rings. The largest absolute Gasteiger partial charge is 0.385 e. The van der Waals surface area contributed by atoms with Crippen LogP contribution in [0.3, 0.4) is 0 Å². The van der Waals surface area contributed by atoms with Gasteiger partial charge in [-0.25, -0.2) is 4.39 Å². The van der Waals surface area contributed by atoms with Gasteiger partial charge in [-0.2, -0.15) is 0 Å². The van der Waals surface area contributed by atoms with Crippen molar-refractivity contribution in [2.45, 2.75) is 27.2 Å². The third kappa shape index (κ3) is 4.26. The third-order valence-corrected chi connectivity index (χ3v) is 2.05. The first-order valence-corrected chi connectivity index (χ1v) is 4.97. The van der Waals surface area contributed by atoms with Gasteiger partial charge in [0.25, 0.3) is 0 Å². The van der Waals surface area contributed by atoms with Crippen molar-refractivity contribution in [2.75, 3.05) is 11.9 Å². The summed E-state index contributed by atoms with van der Waals surface area (Å²) in [7, 11) is 0. The quantitative estimate of drug-likeness (QED) is 0.775. The molecule has 0 saturated carbocycles. The van der Waals surface area contributed by atoms with Gasteiger partial charge >= 0.3 is 0 Å². The molecule has 0 amide bonds. The Morgan fingerprint density at radius 2 is 1.71 bits per heavy atom. The Hall–Kier alpha value is -1.05. The Balaban J connectivity index is 2.35. The Bertz CT molecular complexity index is 271. The number of rotatable bonds is 3. The highest BCUT2D eigenvalue weighted by Crippen LogP contribution is 2.18. The van der Waals surface area contributed by atoms with Crippen LogP contribution in [0.4, 0.5) is 10.1 Å². The molecular weight excluding hydrogens is 177 g/mol. The molecule has 2 heteroatoms. The van der Waals surface area contributed by atoms with Crippen LogP contribution in [0, 0.1) is 11.2 Å². The molecule has 78 valence electrons. The monoisotopic (exact) mass is 195 g/mol. The molecule has 0 heterocycles. The van der Waals surface area contributed by atoms with E-state index in [1.807, 2.05) is 0 Å². The molecular formula is C12H18FN. The van der Waals surface area contributed by atoms with Crippen molar-refractivity contribution >= 4 is 5.69 Å². The van der Waals surface area contributed by atoms with Gasteiger partial charge in [0.15, 0.2) is 0 Å². The van der Waals surface area contributed by atoms with Crippen molar-refractivity contribution in [1.82, 2.24) is 0 Å². The highest BCUT2D eigenvalue weighted by atomic mass is 19.1. The van der Waals surface area contributed by atoms with Crippen molar-refractivity contribution in [2.24, 2.45) is 5.41 Å². The second-order valence-electron chi connectivity index (χ2n) is 4.74. The summed E-state index contributed by atoms with van der Waals surface area (Å²) in [5.74, 6) is -0.189. The maximum atomic E-state index is 12.6. The van der Waals surface area contributed by atoms with Crippen molar-refractivity contribution in [1.29, 1.82) is 0 Å². The van der Waals surface area contributed by atoms with Gasteiger partial charge in [0.2, 0.25) is 0 Å². The van der Waals surface area contributed by atoms with Crippen molar-refractivity contribution in [3.8, 4) is 0 Å². The molecule has 1 aromatic rings. The minimum atomic E-state index is -0.189. The number of nitrogens with one attached hydrogen (secondary N) is 1. The summed E-state index contributed by atoms with van der Waals surface area (Å²) in [6.45, 7) is 7.55. The van der Waals surface area contributed by atoms with Gasteiger partial charge in [-0.3, -0.25) is 0 Å². The average Bonchev–Trinajstić information content (AvgIpc) is 2.06. The maximum Gasteiger partial charge on any atom is 0.123 e. The minimum absolute atomic E-state index is 0.189. The van der Waals surface area contributed by atoms with E-state index in [-0.39, 0.29) is 5.82 Å². The second kappa shape index (κ2) is 4.45. The number of hydrogen-bond donors (Lipinski definition) is 1. The molecule has 1 rings (SSSR count). The lowest BCUT2D eigenvalue weighted by Gasteiger charge is -2.18. The number of hydrogen-bond acceptors (Lipinski definition) is 1. The molecule has 0 unspecified atom stereocenters. The molecule has 0 aliphatic carbocycles. The Labute approximate surface area is 85.3 Å². The Kier molecular flexibility index (Phi) is 3.50. The Morgan fingerprint density at radius 3 is 2.21 bits per heavy atom. The van der Waals surface area contributed by atoms with Crippen LogP contribution in [0.15, 0.2) is 24.3 Å². The van der Waals surface area contributed by atoms with E-state index < -0.39 is 0 Å². The summed E-state index contributed by atoms with van der Waals surface area (Å²) in [5, 5.41) is 3.26. The fourth-order valence-corrected chi connectivity index (χ4v) is 1.15. The van der Waals surface area contributed by atoms with Crippen molar-refractivity contribution in [3.05, 3.63) is 30.1 Å². The molecule has 14 heavy (non-hydrogen) atoms. The van der Waals surface area contributed by atoms with Crippen LogP contribution in [0.5, 0.6) is 0 Å². The molecule has 0 bridgehead atoms. The van der Waals surface area contributed by atoms with Gasteiger partial charge in [-0.1, -0.05) is 20.8 Å². The predicted molar refractivity (Wildman–Crippen MR) is 59.0 cm³/mol. The van der Waals surface area contributed by atoms with E-state index in [0.29, 0.717) is 5.41 Å². The molecule has 0 saturated heterocycles. The first kappa shape index (κ1) is 11.0. The zero-order valence-electron chi connectivity index (χ0n) is 9.10. The molecule has 0 aromatic heterocycles. The lowest BCUT2D eigenvalue weighted by molar-refractivity contribution is 0.390. The highest BCUT2D eigenvalue weighted by Gasteiger charge is 2.08. The second-order valence-corrected chi connectivity index (χ2v) is 4.74. The zero-order valence-corrected chi connectivity index (χ0v) is 9.10.